The zero-order valence-corrected chi connectivity index (χ0v) is 10.6. The summed E-state index contributed by atoms with van der Waals surface area (Å²) < 4.78 is 1.42. The number of aromatic nitrogens is 6. The molecule has 104 valence electrons. The number of hydrogen-bond donors (Lipinski definition) is 2. The molecule has 3 aromatic rings. The highest BCUT2D eigenvalue weighted by Crippen LogP contribution is 2.08. The third-order valence-electron chi connectivity index (χ3n) is 2.61. The van der Waals surface area contributed by atoms with Crippen molar-refractivity contribution in [1.82, 2.24) is 29.7 Å². The summed E-state index contributed by atoms with van der Waals surface area (Å²) in [6.45, 7) is 0. The second-order valence-corrected chi connectivity index (χ2v) is 3.97. The van der Waals surface area contributed by atoms with Crippen molar-refractivity contribution in [1.29, 1.82) is 0 Å². The molecule has 1 amide bonds. The predicted octanol–water partition coefficient (Wildman–Crippen LogP) is -0.00210. The fourth-order valence-corrected chi connectivity index (χ4v) is 1.65. The van der Waals surface area contributed by atoms with Gasteiger partial charge in [0, 0.05) is 12.3 Å². The van der Waals surface area contributed by atoms with Crippen LogP contribution < -0.4 is 10.9 Å². The highest BCUT2D eigenvalue weighted by molar-refractivity contribution is 6.03. The average molecular weight is 283 g/mol. The van der Waals surface area contributed by atoms with Crippen LogP contribution in [0, 0.1) is 0 Å². The molecule has 0 radical (unpaired) electrons. The van der Waals surface area contributed by atoms with Crippen molar-refractivity contribution < 1.29 is 4.79 Å². The van der Waals surface area contributed by atoms with Gasteiger partial charge < -0.3 is 10.3 Å². The monoisotopic (exact) mass is 283 g/mol. The molecule has 0 saturated heterocycles. The Morgan fingerprint density at radius 3 is 2.95 bits per heavy atom. The first-order chi connectivity index (χ1) is 10.2. The van der Waals surface area contributed by atoms with Crippen LogP contribution in [0.4, 0.5) is 5.82 Å². The Bertz CT molecular complexity index is 825. The van der Waals surface area contributed by atoms with Gasteiger partial charge in [-0.25, -0.2) is 19.6 Å². The van der Waals surface area contributed by atoms with Gasteiger partial charge in [0.15, 0.2) is 5.82 Å². The first kappa shape index (κ1) is 12.7. The molecule has 21 heavy (non-hydrogen) atoms. The van der Waals surface area contributed by atoms with Crippen LogP contribution in [0.25, 0.3) is 5.82 Å². The lowest BCUT2D eigenvalue weighted by molar-refractivity contribution is 0.102. The van der Waals surface area contributed by atoms with Gasteiger partial charge in [-0.2, -0.15) is 5.10 Å². The van der Waals surface area contributed by atoms with Gasteiger partial charge in [0.1, 0.15) is 30.4 Å². The topological polar surface area (TPSA) is 118 Å². The summed E-state index contributed by atoms with van der Waals surface area (Å²) in [5, 5.41) is 6.46. The van der Waals surface area contributed by atoms with Gasteiger partial charge in [-0.05, 0) is 12.1 Å². The number of nitrogens with zero attached hydrogens (tertiary/aromatic N) is 5. The van der Waals surface area contributed by atoms with Gasteiger partial charge >= 0.3 is 0 Å². The Kier molecular flexibility index (Phi) is 3.21. The molecule has 2 N–H and O–H groups in total. The first-order valence-corrected chi connectivity index (χ1v) is 5.90. The van der Waals surface area contributed by atoms with Gasteiger partial charge in [0.2, 0.25) is 0 Å². The number of rotatable bonds is 3. The molecule has 9 nitrogen and oxygen atoms in total. The summed E-state index contributed by atoms with van der Waals surface area (Å²) >= 11 is 0. The molecule has 0 aliphatic rings. The lowest BCUT2D eigenvalue weighted by Gasteiger charge is -2.05. The van der Waals surface area contributed by atoms with Gasteiger partial charge in [0.25, 0.3) is 11.5 Å². The van der Waals surface area contributed by atoms with Crippen molar-refractivity contribution in [3.05, 3.63) is 59.3 Å². The zero-order chi connectivity index (χ0) is 14.7. The molecule has 3 aromatic heterocycles. The van der Waals surface area contributed by atoms with Crippen LogP contribution in [-0.2, 0) is 0 Å². The molecule has 0 aliphatic heterocycles. The predicted molar refractivity (Wildman–Crippen MR) is 72.0 cm³/mol. The average Bonchev–Trinajstić information content (AvgIpc) is 3.02. The van der Waals surface area contributed by atoms with Crippen LogP contribution in [0.3, 0.4) is 0 Å². The van der Waals surface area contributed by atoms with Crippen LogP contribution in [0.5, 0.6) is 0 Å². The number of nitrogens with one attached hydrogen (secondary N) is 2. The molecular formula is C12H9N7O2. The quantitative estimate of drug-likeness (QED) is 0.698. The molecule has 0 spiro atoms. The Morgan fingerprint density at radius 2 is 2.19 bits per heavy atom. The van der Waals surface area contributed by atoms with Crippen molar-refractivity contribution in [3.8, 4) is 5.82 Å². The van der Waals surface area contributed by atoms with Gasteiger partial charge in [-0.15, -0.1) is 0 Å². The molecule has 0 unspecified atom stereocenters. The maximum absolute atomic E-state index is 12.0. The van der Waals surface area contributed by atoms with E-state index in [0.717, 1.165) is 0 Å². The van der Waals surface area contributed by atoms with Crippen molar-refractivity contribution in [2.75, 3.05) is 5.32 Å². The zero-order valence-electron chi connectivity index (χ0n) is 10.6. The van der Waals surface area contributed by atoms with E-state index >= 15 is 0 Å². The van der Waals surface area contributed by atoms with Gasteiger partial charge in [-0.3, -0.25) is 9.59 Å². The largest absolute Gasteiger partial charge is 0.328 e. The van der Waals surface area contributed by atoms with E-state index in [1.165, 1.54) is 42.0 Å². The van der Waals surface area contributed by atoms with Crippen molar-refractivity contribution in [2.45, 2.75) is 0 Å². The number of aromatic amines is 1. The molecule has 0 bridgehead atoms. The van der Waals surface area contributed by atoms with E-state index in [1.807, 2.05) is 0 Å². The molecule has 3 heterocycles. The fraction of sp³-hybridized carbons (Fsp3) is 0. The summed E-state index contributed by atoms with van der Waals surface area (Å²) in [5.74, 6) is 0.142. The third-order valence-corrected chi connectivity index (χ3v) is 2.61. The Hall–Kier alpha value is -3.36. The number of amides is 1. The maximum atomic E-state index is 12.0. The molecule has 0 aromatic carbocycles. The summed E-state index contributed by atoms with van der Waals surface area (Å²) in [6, 6.07) is 4.51. The second-order valence-electron chi connectivity index (χ2n) is 3.97. The van der Waals surface area contributed by atoms with Crippen molar-refractivity contribution in [2.24, 2.45) is 0 Å². The standard InChI is InChI=1S/C12H9N7O2/c20-11-8(2-1-3-14-11)12(21)18-9-4-10(16-6-15-9)19-7-13-5-17-19/h1-7H,(H,14,20)(H,15,16,18,21). The SMILES string of the molecule is O=C(Nc1cc(-n2cncn2)ncn1)c1ccc[nH]c1=O. The smallest absolute Gasteiger partial charge is 0.262 e. The van der Waals surface area contributed by atoms with Gasteiger partial charge in [-0.1, -0.05) is 0 Å². The molecule has 0 aliphatic carbocycles. The van der Waals surface area contributed by atoms with E-state index in [1.54, 1.807) is 6.07 Å². The van der Waals surface area contributed by atoms with Crippen molar-refractivity contribution >= 4 is 11.7 Å². The highest BCUT2D eigenvalue weighted by Gasteiger charge is 2.11. The first-order valence-electron chi connectivity index (χ1n) is 5.90. The number of pyridine rings is 1. The number of hydrogen-bond acceptors (Lipinski definition) is 6. The van der Waals surface area contributed by atoms with E-state index in [0.29, 0.717) is 5.82 Å². The Balaban J connectivity index is 1.86. The number of anilines is 1. The van der Waals surface area contributed by atoms with E-state index in [-0.39, 0.29) is 11.4 Å². The van der Waals surface area contributed by atoms with E-state index < -0.39 is 11.5 Å². The molecule has 0 fully saturated rings. The van der Waals surface area contributed by atoms with Crippen molar-refractivity contribution in [3.63, 3.8) is 0 Å². The van der Waals surface area contributed by atoms with Crippen LogP contribution >= 0.6 is 0 Å². The number of H-pyrrole nitrogens is 1. The minimum atomic E-state index is -0.555. The van der Waals surface area contributed by atoms with Crippen LogP contribution in [0.2, 0.25) is 0 Å². The lowest BCUT2D eigenvalue weighted by Crippen LogP contribution is -2.23. The summed E-state index contributed by atoms with van der Waals surface area (Å²) in [7, 11) is 0. The maximum Gasteiger partial charge on any atom is 0.262 e. The summed E-state index contributed by atoms with van der Waals surface area (Å²) in [6.07, 6.45) is 5.56. The lowest BCUT2D eigenvalue weighted by atomic mass is 10.2. The number of carbonyl (C=O) groups is 1. The summed E-state index contributed by atoms with van der Waals surface area (Å²) in [4.78, 5) is 37.7. The highest BCUT2D eigenvalue weighted by atomic mass is 16.2. The van der Waals surface area contributed by atoms with Crippen LogP contribution in [-0.4, -0.2) is 35.6 Å². The molecular weight excluding hydrogens is 274 g/mol. The summed E-state index contributed by atoms with van der Waals surface area (Å²) in [5.41, 5.74) is -0.473. The Morgan fingerprint density at radius 1 is 1.29 bits per heavy atom. The van der Waals surface area contributed by atoms with E-state index in [4.69, 9.17) is 0 Å². The second kappa shape index (κ2) is 5.33. The molecule has 9 heteroatoms. The normalized spacial score (nSPS) is 10.3. The number of carbonyl (C=O) groups excluding carboxylic acids is 1. The Labute approximate surface area is 117 Å². The third kappa shape index (κ3) is 2.66. The van der Waals surface area contributed by atoms with E-state index in [2.05, 4.69) is 30.4 Å². The fourth-order valence-electron chi connectivity index (χ4n) is 1.65. The van der Waals surface area contributed by atoms with Crippen LogP contribution in [0.1, 0.15) is 10.4 Å². The molecule has 0 saturated carbocycles. The minimum Gasteiger partial charge on any atom is -0.328 e. The minimum absolute atomic E-state index is 0.00146. The van der Waals surface area contributed by atoms with E-state index in [9.17, 15) is 9.59 Å². The molecule has 0 atom stereocenters. The van der Waals surface area contributed by atoms with Crippen LogP contribution in [0.15, 0.2) is 48.2 Å². The van der Waals surface area contributed by atoms with Gasteiger partial charge in [0.05, 0.1) is 0 Å². The molecule has 3 rings (SSSR count).